The Kier molecular flexibility index (Phi) is 6.64. The molecule has 4 rings (SSSR count). The van der Waals surface area contributed by atoms with Crippen molar-refractivity contribution in [1.82, 2.24) is 10.3 Å². The molecular weight excluding hydrogens is 451 g/mol. The number of hydrogen-bond acceptors (Lipinski definition) is 5. The number of methoxy groups -OCH3 is 2. The Labute approximate surface area is 201 Å². The molecule has 4 N–H and O–H groups in total. The molecule has 1 saturated heterocycles. The fraction of sp³-hybridized carbons (Fsp3) is 0.231. The zero-order valence-corrected chi connectivity index (χ0v) is 19.4. The highest BCUT2D eigenvalue weighted by Gasteiger charge is 2.29. The fourth-order valence-corrected chi connectivity index (χ4v) is 4.23. The molecule has 3 aromatic rings. The number of primary amides is 1. The van der Waals surface area contributed by atoms with Crippen LogP contribution >= 0.6 is 0 Å². The van der Waals surface area contributed by atoms with Crippen LogP contribution in [0.4, 0.5) is 10.1 Å². The summed E-state index contributed by atoms with van der Waals surface area (Å²) in [5, 5.41) is 3.30. The second-order valence-corrected chi connectivity index (χ2v) is 8.07. The van der Waals surface area contributed by atoms with Gasteiger partial charge in [0, 0.05) is 42.3 Å². The minimum Gasteiger partial charge on any atom is -0.497 e. The number of H-pyrrole nitrogens is 1. The number of anilines is 1. The lowest BCUT2D eigenvalue weighted by Gasteiger charge is -2.21. The van der Waals surface area contributed by atoms with Gasteiger partial charge in [-0.25, -0.2) is 4.39 Å². The minimum atomic E-state index is -0.753. The van der Waals surface area contributed by atoms with Crippen molar-refractivity contribution in [3.8, 4) is 23.3 Å². The number of amides is 2. The van der Waals surface area contributed by atoms with Crippen LogP contribution in [0, 0.1) is 17.7 Å². The molecule has 0 saturated carbocycles. The van der Waals surface area contributed by atoms with Crippen LogP contribution in [0.5, 0.6) is 11.5 Å². The molecule has 1 atom stereocenters. The summed E-state index contributed by atoms with van der Waals surface area (Å²) in [7, 11) is 3.10. The van der Waals surface area contributed by atoms with E-state index in [1.807, 2.05) is 4.90 Å². The topological polar surface area (TPSA) is 110 Å². The largest absolute Gasteiger partial charge is 0.497 e. The maximum atomic E-state index is 15.4. The van der Waals surface area contributed by atoms with Crippen molar-refractivity contribution < 1.29 is 23.5 Å². The molecule has 1 aliphatic heterocycles. The third-order valence-corrected chi connectivity index (χ3v) is 5.88. The van der Waals surface area contributed by atoms with Gasteiger partial charge in [0.2, 0.25) is 5.91 Å². The van der Waals surface area contributed by atoms with Crippen molar-refractivity contribution in [2.24, 2.45) is 5.73 Å². The van der Waals surface area contributed by atoms with E-state index >= 15 is 4.39 Å². The van der Waals surface area contributed by atoms with Gasteiger partial charge >= 0.3 is 0 Å². The first-order chi connectivity index (χ1) is 16.8. The molecule has 1 aliphatic rings. The van der Waals surface area contributed by atoms with Crippen LogP contribution in [0.15, 0.2) is 43.1 Å². The first-order valence-electron chi connectivity index (χ1n) is 10.9. The first kappa shape index (κ1) is 23.7. The van der Waals surface area contributed by atoms with Crippen LogP contribution < -0.4 is 25.4 Å². The second-order valence-electron chi connectivity index (χ2n) is 8.07. The highest BCUT2D eigenvalue weighted by atomic mass is 19.1. The summed E-state index contributed by atoms with van der Waals surface area (Å²) < 4.78 is 26.0. The number of aromatic amines is 1. The predicted octanol–water partition coefficient (Wildman–Crippen LogP) is 2.70. The highest BCUT2D eigenvalue weighted by Crippen LogP contribution is 2.36. The molecule has 1 aromatic heterocycles. The molecule has 0 unspecified atom stereocenters. The number of carbonyl (C=O) groups excluding carboxylic acids is 2. The Morgan fingerprint density at radius 3 is 2.57 bits per heavy atom. The lowest BCUT2D eigenvalue weighted by molar-refractivity contribution is -0.117. The summed E-state index contributed by atoms with van der Waals surface area (Å²) in [5.41, 5.74) is 7.39. The number of carbonyl (C=O) groups is 2. The van der Waals surface area contributed by atoms with E-state index in [4.69, 9.17) is 15.2 Å². The molecule has 2 aromatic carbocycles. The summed E-state index contributed by atoms with van der Waals surface area (Å²) in [6, 6.07) is 6.22. The van der Waals surface area contributed by atoms with Gasteiger partial charge in [-0.2, -0.15) is 0 Å². The summed E-state index contributed by atoms with van der Waals surface area (Å²) in [6.07, 6.45) is 3.46. The van der Waals surface area contributed by atoms with Crippen molar-refractivity contribution in [3.63, 3.8) is 0 Å². The Balaban J connectivity index is 1.81. The van der Waals surface area contributed by atoms with E-state index < -0.39 is 11.7 Å². The van der Waals surface area contributed by atoms with Crippen LogP contribution in [-0.2, 0) is 4.79 Å². The molecule has 0 spiro atoms. The van der Waals surface area contributed by atoms with Gasteiger partial charge in [-0.3, -0.25) is 9.59 Å². The third-order valence-electron chi connectivity index (χ3n) is 5.88. The van der Waals surface area contributed by atoms with E-state index in [9.17, 15) is 9.59 Å². The normalized spacial score (nSPS) is 14.8. The summed E-state index contributed by atoms with van der Waals surface area (Å²) >= 11 is 0. The molecule has 180 valence electrons. The molecule has 1 fully saturated rings. The molecule has 0 radical (unpaired) electrons. The maximum absolute atomic E-state index is 15.4. The molecule has 0 bridgehead atoms. The van der Waals surface area contributed by atoms with Crippen LogP contribution in [0.3, 0.4) is 0 Å². The number of halogens is 1. The predicted molar refractivity (Wildman–Crippen MR) is 131 cm³/mol. The molecular formula is C26H25FN4O4. The van der Waals surface area contributed by atoms with Crippen molar-refractivity contribution in [2.75, 3.05) is 32.2 Å². The monoisotopic (exact) mass is 476 g/mol. The van der Waals surface area contributed by atoms with Gasteiger partial charge in [0.15, 0.2) is 0 Å². The van der Waals surface area contributed by atoms with Crippen LogP contribution in [0.1, 0.15) is 27.9 Å². The number of aromatic nitrogens is 1. The number of ether oxygens (including phenoxy) is 2. The zero-order valence-electron chi connectivity index (χ0n) is 19.4. The molecule has 8 nitrogen and oxygen atoms in total. The zero-order chi connectivity index (χ0) is 25.1. The number of benzene rings is 2. The van der Waals surface area contributed by atoms with Gasteiger partial charge in [-0.15, -0.1) is 0 Å². The highest BCUT2D eigenvalue weighted by molar-refractivity contribution is 6.10. The standard InChI is InChI=1S/C26H25FN4O4/c1-4-22(32)30-17-7-8-31(14-17)25-21(27)12-20(26(28)33)24-23(25)16(13-29-24)6-5-15-9-18(34-2)11-19(10-15)35-3/h4,9-13,17,29H,1,7-8,14H2,2-3H3,(H2,28,33)(H,30,32)/t17-/m0/s1. The van der Waals surface area contributed by atoms with Crippen molar-refractivity contribution in [2.45, 2.75) is 12.5 Å². The third kappa shape index (κ3) is 4.77. The average molecular weight is 477 g/mol. The van der Waals surface area contributed by atoms with Gasteiger partial charge in [-0.05, 0) is 30.7 Å². The first-order valence-corrected chi connectivity index (χ1v) is 10.9. The average Bonchev–Trinajstić information content (AvgIpc) is 3.49. The van der Waals surface area contributed by atoms with Gasteiger partial charge in [-0.1, -0.05) is 18.4 Å². The summed E-state index contributed by atoms with van der Waals surface area (Å²) in [6.45, 7) is 4.37. The van der Waals surface area contributed by atoms with Crippen LogP contribution in [0.2, 0.25) is 0 Å². The van der Waals surface area contributed by atoms with Gasteiger partial charge in [0.1, 0.15) is 17.3 Å². The van der Waals surface area contributed by atoms with Crippen molar-refractivity contribution >= 4 is 28.4 Å². The van der Waals surface area contributed by atoms with Crippen LogP contribution in [0.25, 0.3) is 10.9 Å². The lowest BCUT2D eigenvalue weighted by atomic mass is 10.0. The smallest absolute Gasteiger partial charge is 0.250 e. The summed E-state index contributed by atoms with van der Waals surface area (Å²) in [4.78, 5) is 28.6. The number of nitrogens with two attached hydrogens (primary N) is 1. The number of nitrogens with zero attached hydrogens (tertiary/aromatic N) is 1. The van der Waals surface area contributed by atoms with Gasteiger partial charge in [0.25, 0.3) is 5.91 Å². The van der Waals surface area contributed by atoms with E-state index in [1.165, 1.54) is 6.08 Å². The molecule has 2 amide bonds. The maximum Gasteiger partial charge on any atom is 0.250 e. The fourth-order valence-electron chi connectivity index (χ4n) is 4.23. The molecule has 2 heterocycles. The molecule has 9 heteroatoms. The quantitative estimate of drug-likeness (QED) is 0.374. The SMILES string of the molecule is C=CC(=O)N[C@H]1CCN(c2c(F)cc(C(N)=O)c3[nH]cc(C#Cc4cc(OC)cc(OC)c4)c23)C1. The van der Waals surface area contributed by atoms with Crippen LogP contribution in [-0.4, -0.2) is 50.1 Å². The lowest BCUT2D eigenvalue weighted by Crippen LogP contribution is -2.36. The van der Waals surface area contributed by atoms with Gasteiger partial charge in [0.05, 0.1) is 36.6 Å². The number of fused-ring (bicyclic) bond motifs is 1. The van der Waals surface area contributed by atoms with E-state index in [0.29, 0.717) is 58.7 Å². The van der Waals surface area contributed by atoms with E-state index in [1.54, 1.807) is 38.6 Å². The van der Waals surface area contributed by atoms with Crippen molar-refractivity contribution in [3.05, 3.63) is 65.6 Å². The number of rotatable bonds is 6. The number of nitrogens with one attached hydrogen (secondary N) is 2. The number of hydrogen-bond donors (Lipinski definition) is 3. The Morgan fingerprint density at radius 1 is 1.23 bits per heavy atom. The molecule has 0 aliphatic carbocycles. The second kappa shape index (κ2) is 9.81. The Bertz CT molecular complexity index is 1360. The van der Waals surface area contributed by atoms with Crippen molar-refractivity contribution in [1.29, 1.82) is 0 Å². The van der Waals surface area contributed by atoms with Gasteiger partial charge < -0.3 is 30.4 Å². The molecule has 35 heavy (non-hydrogen) atoms. The van der Waals surface area contributed by atoms with E-state index in [-0.39, 0.29) is 17.5 Å². The van der Waals surface area contributed by atoms with E-state index in [0.717, 1.165) is 6.07 Å². The Hall–Kier alpha value is -4.45. The Morgan fingerprint density at radius 2 is 1.94 bits per heavy atom. The summed E-state index contributed by atoms with van der Waals surface area (Å²) in [5.74, 6) is 5.68. The van der Waals surface area contributed by atoms with E-state index in [2.05, 4.69) is 28.7 Å². The minimum absolute atomic E-state index is 0.0352.